The number of aliphatic imine (C=N–C) groups is 1. The number of nitrogens with zero attached hydrogens (tertiary/aromatic N) is 5. The lowest BCUT2D eigenvalue weighted by Gasteiger charge is -2.09. The molecule has 0 fully saturated rings. The highest BCUT2D eigenvalue weighted by atomic mass is 32.1. The third kappa shape index (κ3) is 4.14. The summed E-state index contributed by atoms with van der Waals surface area (Å²) in [7, 11) is 0. The molecule has 4 aromatic rings. The third-order valence-electron chi connectivity index (χ3n) is 4.57. The second-order valence-corrected chi connectivity index (χ2v) is 7.50. The summed E-state index contributed by atoms with van der Waals surface area (Å²) in [5, 5.41) is 8.04. The van der Waals surface area contributed by atoms with Crippen LogP contribution in [0.3, 0.4) is 0 Å². The van der Waals surface area contributed by atoms with E-state index in [1.807, 2.05) is 42.6 Å². The predicted octanol–water partition coefficient (Wildman–Crippen LogP) is 2.84. The fourth-order valence-electron chi connectivity index (χ4n) is 2.99. The highest BCUT2D eigenvalue weighted by Gasteiger charge is 2.14. The minimum atomic E-state index is -0.0400. The maximum Gasteiger partial charge on any atom is 0.305 e. The van der Waals surface area contributed by atoms with E-state index >= 15 is 0 Å². The molecular weight excluding hydrogens is 386 g/mol. The number of aromatic amines is 1. The summed E-state index contributed by atoms with van der Waals surface area (Å²) in [6, 6.07) is 11.9. The van der Waals surface area contributed by atoms with Crippen LogP contribution < -0.4 is 10.7 Å². The van der Waals surface area contributed by atoms with Crippen molar-refractivity contribution in [1.82, 2.24) is 19.7 Å². The zero-order valence-electron chi connectivity index (χ0n) is 15.7. The van der Waals surface area contributed by atoms with Crippen molar-refractivity contribution in [3.8, 4) is 5.82 Å². The average Bonchev–Trinajstić information content (AvgIpc) is 3.36. The van der Waals surface area contributed by atoms with Gasteiger partial charge in [-0.05, 0) is 35.4 Å². The summed E-state index contributed by atoms with van der Waals surface area (Å²) in [5.41, 5.74) is 3.89. The number of nitrogens with one attached hydrogen (secondary N) is 1. The van der Waals surface area contributed by atoms with Crippen molar-refractivity contribution in [3.63, 3.8) is 0 Å². The topological polar surface area (TPSA) is 114 Å². The molecule has 0 amide bonds. The van der Waals surface area contributed by atoms with Gasteiger partial charge >= 0.3 is 4.87 Å². The monoisotopic (exact) mass is 405 g/mol. The maximum absolute atomic E-state index is 11.5. The standard InChI is InChI=1S/C20H19N7OS/c1-13(15-3-4-17-18(10-15)29-20(28)25-17)16-6-9-27(26-16)19-5-2-14(12-23-19)11-22-7-8-24-21/h2-10,12-13H,11,21H2,1H3,(H,25,28). The molecule has 0 aliphatic rings. The normalized spacial score (nSPS) is 13.0. The largest absolute Gasteiger partial charge is 0.323 e. The molecule has 0 saturated heterocycles. The van der Waals surface area contributed by atoms with E-state index in [1.54, 1.807) is 17.1 Å². The number of hydrogen-bond acceptors (Lipinski definition) is 7. The highest BCUT2D eigenvalue weighted by molar-refractivity contribution is 7.16. The minimum Gasteiger partial charge on any atom is -0.323 e. The Kier molecular flexibility index (Phi) is 5.30. The number of H-pyrrole nitrogens is 1. The number of aromatic nitrogens is 4. The minimum absolute atomic E-state index is 0.0400. The van der Waals surface area contributed by atoms with Gasteiger partial charge in [-0.25, -0.2) is 9.67 Å². The lowest BCUT2D eigenvalue weighted by Crippen LogP contribution is -2.02. The van der Waals surface area contributed by atoms with Crippen LogP contribution in [-0.4, -0.2) is 32.2 Å². The Morgan fingerprint density at radius 2 is 2.17 bits per heavy atom. The molecule has 0 bridgehead atoms. The van der Waals surface area contributed by atoms with Crippen molar-refractivity contribution >= 4 is 34.0 Å². The van der Waals surface area contributed by atoms with Gasteiger partial charge in [0.25, 0.3) is 0 Å². The quantitative estimate of drug-likeness (QED) is 0.292. The Labute approximate surface area is 170 Å². The van der Waals surface area contributed by atoms with Crippen molar-refractivity contribution in [2.24, 2.45) is 15.9 Å². The SMILES string of the molecule is CC(c1ccc2[nH]c(=O)sc2c1)c1ccn(-c2ccc(CN=CC=NN)cn2)n1. The van der Waals surface area contributed by atoms with Gasteiger partial charge in [0, 0.05) is 24.5 Å². The van der Waals surface area contributed by atoms with Crippen LogP contribution in [0, 0.1) is 0 Å². The second-order valence-electron chi connectivity index (χ2n) is 6.49. The van der Waals surface area contributed by atoms with Crippen LogP contribution >= 0.6 is 11.3 Å². The molecule has 29 heavy (non-hydrogen) atoms. The van der Waals surface area contributed by atoms with E-state index in [9.17, 15) is 4.79 Å². The van der Waals surface area contributed by atoms with Crippen LogP contribution in [0.1, 0.15) is 29.7 Å². The Balaban J connectivity index is 1.51. The van der Waals surface area contributed by atoms with Crippen molar-refractivity contribution in [1.29, 1.82) is 0 Å². The van der Waals surface area contributed by atoms with Gasteiger partial charge in [-0.15, -0.1) is 0 Å². The Bertz CT molecular complexity index is 1230. The molecule has 146 valence electrons. The van der Waals surface area contributed by atoms with Gasteiger partial charge in [-0.3, -0.25) is 9.79 Å². The number of nitrogens with two attached hydrogens (primary N) is 1. The van der Waals surface area contributed by atoms with E-state index in [4.69, 9.17) is 5.84 Å². The molecule has 0 aliphatic heterocycles. The molecule has 1 aromatic carbocycles. The molecule has 8 nitrogen and oxygen atoms in total. The van der Waals surface area contributed by atoms with Crippen molar-refractivity contribution in [3.05, 3.63) is 75.3 Å². The zero-order chi connectivity index (χ0) is 20.2. The first-order valence-electron chi connectivity index (χ1n) is 8.99. The molecule has 0 aliphatic carbocycles. The van der Waals surface area contributed by atoms with E-state index in [0.717, 1.165) is 32.9 Å². The van der Waals surface area contributed by atoms with E-state index < -0.39 is 0 Å². The van der Waals surface area contributed by atoms with Crippen LogP contribution in [-0.2, 0) is 6.54 Å². The molecule has 4 rings (SSSR count). The summed E-state index contributed by atoms with van der Waals surface area (Å²) in [5.74, 6) is 5.85. The molecule has 3 heterocycles. The maximum atomic E-state index is 11.5. The Morgan fingerprint density at radius 3 is 2.97 bits per heavy atom. The molecule has 0 radical (unpaired) electrons. The van der Waals surface area contributed by atoms with Crippen molar-refractivity contribution in [2.45, 2.75) is 19.4 Å². The predicted molar refractivity (Wildman–Crippen MR) is 116 cm³/mol. The summed E-state index contributed by atoms with van der Waals surface area (Å²) in [6.45, 7) is 2.61. The number of rotatable bonds is 6. The van der Waals surface area contributed by atoms with Gasteiger partial charge in [-0.2, -0.15) is 10.2 Å². The van der Waals surface area contributed by atoms with Crippen molar-refractivity contribution < 1.29 is 0 Å². The second kappa shape index (κ2) is 8.19. The average molecular weight is 405 g/mol. The first kappa shape index (κ1) is 18.8. The summed E-state index contributed by atoms with van der Waals surface area (Å²) in [4.78, 5) is 23.0. The van der Waals surface area contributed by atoms with Crippen molar-refractivity contribution in [2.75, 3.05) is 0 Å². The van der Waals surface area contributed by atoms with Crippen LogP contribution in [0.2, 0.25) is 0 Å². The van der Waals surface area contributed by atoms with E-state index in [0.29, 0.717) is 6.54 Å². The van der Waals surface area contributed by atoms with Gasteiger partial charge in [0.1, 0.15) is 0 Å². The van der Waals surface area contributed by atoms with Gasteiger partial charge < -0.3 is 10.8 Å². The lowest BCUT2D eigenvalue weighted by molar-refractivity contribution is 0.778. The van der Waals surface area contributed by atoms with Crippen LogP contribution in [0.4, 0.5) is 0 Å². The number of hydrazone groups is 1. The van der Waals surface area contributed by atoms with E-state index in [1.165, 1.54) is 17.6 Å². The Hall–Kier alpha value is -3.59. The molecular formula is C20H19N7OS. The molecule has 3 aromatic heterocycles. The van der Waals surface area contributed by atoms with Crippen LogP contribution in [0.5, 0.6) is 0 Å². The molecule has 0 spiro atoms. The lowest BCUT2D eigenvalue weighted by atomic mass is 9.98. The number of hydrogen-bond donors (Lipinski definition) is 2. The van der Waals surface area contributed by atoms with Gasteiger partial charge in [0.2, 0.25) is 0 Å². The van der Waals surface area contributed by atoms with E-state index in [-0.39, 0.29) is 10.8 Å². The van der Waals surface area contributed by atoms with Gasteiger partial charge in [0.05, 0.1) is 28.7 Å². The van der Waals surface area contributed by atoms with Gasteiger partial charge in [0.15, 0.2) is 5.82 Å². The smallest absolute Gasteiger partial charge is 0.305 e. The summed E-state index contributed by atoms with van der Waals surface area (Å²) < 4.78 is 2.71. The van der Waals surface area contributed by atoms with Gasteiger partial charge in [-0.1, -0.05) is 30.4 Å². The fraction of sp³-hybridized carbons (Fsp3) is 0.150. The summed E-state index contributed by atoms with van der Waals surface area (Å²) >= 11 is 1.22. The van der Waals surface area contributed by atoms with Crippen LogP contribution in [0.15, 0.2) is 63.7 Å². The third-order valence-corrected chi connectivity index (χ3v) is 5.42. The molecule has 1 unspecified atom stereocenters. The van der Waals surface area contributed by atoms with E-state index in [2.05, 4.69) is 32.1 Å². The highest BCUT2D eigenvalue weighted by Crippen LogP contribution is 2.26. The molecule has 9 heteroatoms. The Morgan fingerprint density at radius 1 is 1.28 bits per heavy atom. The number of benzene rings is 1. The fourth-order valence-corrected chi connectivity index (χ4v) is 3.77. The number of thiazole rings is 1. The zero-order valence-corrected chi connectivity index (χ0v) is 16.5. The molecule has 0 saturated carbocycles. The van der Waals surface area contributed by atoms with Crippen LogP contribution in [0.25, 0.3) is 16.0 Å². The molecule has 3 N–H and O–H groups in total. The first-order chi connectivity index (χ1) is 14.1. The number of fused-ring (bicyclic) bond motifs is 1. The number of pyridine rings is 1. The molecule has 1 atom stereocenters. The first-order valence-corrected chi connectivity index (χ1v) is 9.81. The summed E-state index contributed by atoms with van der Waals surface area (Å²) in [6.07, 6.45) is 6.66.